The third kappa shape index (κ3) is 5.45. The van der Waals surface area contributed by atoms with Gasteiger partial charge in [0.15, 0.2) is 0 Å². The second-order valence-corrected chi connectivity index (χ2v) is 6.71. The monoisotopic (exact) mass is 341 g/mol. The maximum Gasteiger partial charge on any atom is 0.127 e. The minimum absolute atomic E-state index is 0.304. The molecule has 0 unspecified atom stereocenters. The average molecular weight is 342 g/mol. The summed E-state index contributed by atoms with van der Waals surface area (Å²) >= 11 is 3.59. The molecule has 3 heteroatoms. The van der Waals surface area contributed by atoms with E-state index in [1.807, 2.05) is 0 Å². The lowest BCUT2D eigenvalue weighted by molar-refractivity contribution is 0.189. The maximum absolute atomic E-state index is 6.23. The van der Waals surface area contributed by atoms with E-state index in [0.717, 1.165) is 36.2 Å². The second kappa shape index (κ2) is 8.68. The SMILES string of the molecule is CCC(CC)Oc1c(C)cc(Br)cc1CNCC(C)C. The second-order valence-electron chi connectivity index (χ2n) is 5.79. The average Bonchev–Trinajstić information content (AvgIpc) is 2.37. The van der Waals surface area contributed by atoms with Crippen molar-refractivity contribution in [2.24, 2.45) is 5.92 Å². The van der Waals surface area contributed by atoms with Crippen LogP contribution in [0.15, 0.2) is 16.6 Å². The van der Waals surface area contributed by atoms with Crippen molar-refractivity contribution in [1.82, 2.24) is 5.32 Å². The lowest BCUT2D eigenvalue weighted by Crippen LogP contribution is -2.21. The summed E-state index contributed by atoms with van der Waals surface area (Å²) < 4.78 is 7.35. The topological polar surface area (TPSA) is 21.3 Å². The quantitative estimate of drug-likeness (QED) is 0.712. The summed E-state index contributed by atoms with van der Waals surface area (Å²) in [5, 5.41) is 3.50. The van der Waals surface area contributed by atoms with Gasteiger partial charge in [0.25, 0.3) is 0 Å². The highest BCUT2D eigenvalue weighted by Gasteiger charge is 2.13. The first-order valence-corrected chi connectivity index (χ1v) is 8.43. The number of nitrogens with one attached hydrogen (secondary N) is 1. The lowest BCUT2D eigenvalue weighted by atomic mass is 10.1. The first-order valence-electron chi connectivity index (χ1n) is 7.64. The third-order valence-electron chi connectivity index (χ3n) is 3.38. The van der Waals surface area contributed by atoms with Crippen molar-refractivity contribution in [3.8, 4) is 5.75 Å². The van der Waals surface area contributed by atoms with E-state index in [2.05, 4.69) is 68.0 Å². The summed E-state index contributed by atoms with van der Waals surface area (Å²) in [5.41, 5.74) is 2.44. The fraction of sp³-hybridized carbons (Fsp3) is 0.647. The Morgan fingerprint density at radius 2 is 1.85 bits per heavy atom. The predicted octanol–water partition coefficient (Wildman–Crippen LogP) is 5.07. The van der Waals surface area contributed by atoms with Crippen LogP contribution in [0.4, 0.5) is 0 Å². The summed E-state index contributed by atoms with van der Waals surface area (Å²) in [4.78, 5) is 0. The molecule has 0 aliphatic rings. The highest BCUT2D eigenvalue weighted by molar-refractivity contribution is 9.10. The fourth-order valence-electron chi connectivity index (χ4n) is 2.22. The summed E-state index contributed by atoms with van der Waals surface area (Å²) in [5.74, 6) is 1.71. The summed E-state index contributed by atoms with van der Waals surface area (Å²) in [6.07, 6.45) is 2.40. The van der Waals surface area contributed by atoms with Crippen molar-refractivity contribution in [2.45, 2.75) is 60.1 Å². The van der Waals surface area contributed by atoms with Gasteiger partial charge in [0.05, 0.1) is 6.10 Å². The van der Waals surface area contributed by atoms with Crippen molar-refractivity contribution in [2.75, 3.05) is 6.54 Å². The van der Waals surface area contributed by atoms with Gasteiger partial charge in [-0.1, -0.05) is 43.6 Å². The predicted molar refractivity (Wildman–Crippen MR) is 90.4 cm³/mol. The number of benzene rings is 1. The van der Waals surface area contributed by atoms with E-state index in [0.29, 0.717) is 12.0 Å². The zero-order valence-corrected chi connectivity index (χ0v) is 15.0. The molecular weight excluding hydrogens is 314 g/mol. The van der Waals surface area contributed by atoms with Gasteiger partial charge in [-0.2, -0.15) is 0 Å². The highest BCUT2D eigenvalue weighted by atomic mass is 79.9. The zero-order valence-electron chi connectivity index (χ0n) is 13.4. The van der Waals surface area contributed by atoms with E-state index in [1.165, 1.54) is 11.1 Å². The molecule has 0 aromatic heterocycles. The molecule has 1 aromatic carbocycles. The number of halogens is 1. The van der Waals surface area contributed by atoms with Crippen LogP contribution in [0.2, 0.25) is 0 Å². The van der Waals surface area contributed by atoms with Crippen LogP contribution in [-0.2, 0) is 6.54 Å². The lowest BCUT2D eigenvalue weighted by Gasteiger charge is -2.21. The Kier molecular flexibility index (Phi) is 7.60. The largest absolute Gasteiger partial charge is 0.490 e. The Hall–Kier alpha value is -0.540. The van der Waals surface area contributed by atoms with Crippen LogP contribution in [0.1, 0.15) is 51.7 Å². The van der Waals surface area contributed by atoms with Crippen LogP contribution in [0.3, 0.4) is 0 Å². The van der Waals surface area contributed by atoms with Crippen LogP contribution in [-0.4, -0.2) is 12.6 Å². The van der Waals surface area contributed by atoms with Crippen LogP contribution >= 0.6 is 15.9 Å². The Morgan fingerprint density at radius 3 is 2.40 bits per heavy atom. The van der Waals surface area contributed by atoms with Gasteiger partial charge in [-0.3, -0.25) is 0 Å². The normalized spacial score (nSPS) is 11.4. The molecular formula is C17H28BrNO. The Labute approximate surface area is 132 Å². The molecule has 20 heavy (non-hydrogen) atoms. The van der Waals surface area contributed by atoms with Gasteiger partial charge in [0.2, 0.25) is 0 Å². The van der Waals surface area contributed by atoms with Crippen LogP contribution in [0.5, 0.6) is 5.75 Å². The molecule has 0 amide bonds. The summed E-state index contributed by atoms with van der Waals surface area (Å²) in [6, 6.07) is 4.29. The van der Waals surface area contributed by atoms with Crippen molar-refractivity contribution >= 4 is 15.9 Å². The van der Waals surface area contributed by atoms with Crippen molar-refractivity contribution < 1.29 is 4.74 Å². The first kappa shape index (κ1) is 17.5. The number of hydrogen-bond acceptors (Lipinski definition) is 2. The minimum Gasteiger partial charge on any atom is -0.490 e. The van der Waals surface area contributed by atoms with Crippen LogP contribution in [0, 0.1) is 12.8 Å². The molecule has 0 radical (unpaired) electrons. The van der Waals surface area contributed by atoms with E-state index in [4.69, 9.17) is 4.74 Å². The molecule has 0 saturated carbocycles. The molecule has 2 nitrogen and oxygen atoms in total. The fourth-order valence-corrected chi connectivity index (χ4v) is 2.84. The Morgan fingerprint density at radius 1 is 1.20 bits per heavy atom. The number of rotatable bonds is 8. The molecule has 0 spiro atoms. The molecule has 0 saturated heterocycles. The van der Waals surface area contributed by atoms with Gasteiger partial charge in [0.1, 0.15) is 5.75 Å². The molecule has 0 aliphatic carbocycles. The highest BCUT2D eigenvalue weighted by Crippen LogP contribution is 2.29. The van der Waals surface area contributed by atoms with Crippen LogP contribution in [0.25, 0.3) is 0 Å². The first-order chi connectivity index (χ1) is 9.47. The van der Waals surface area contributed by atoms with Gasteiger partial charge in [-0.05, 0) is 49.9 Å². The van der Waals surface area contributed by atoms with E-state index in [-0.39, 0.29) is 0 Å². The standard InChI is InChI=1S/C17H28BrNO/c1-6-16(7-2)20-17-13(5)8-15(18)9-14(17)11-19-10-12(3)4/h8-9,12,16,19H,6-7,10-11H2,1-5H3. The smallest absolute Gasteiger partial charge is 0.127 e. The minimum atomic E-state index is 0.304. The Bertz CT molecular complexity index is 414. The Balaban J connectivity index is 2.89. The molecule has 0 bridgehead atoms. The van der Waals surface area contributed by atoms with Crippen molar-refractivity contribution in [3.63, 3.8) is 0 Å². The molecule has 1 aromatic rings. The molecule has 0 atom stereocenters. The zero-order chi connectivity index (χ0) is 15.1. The maximum atomic E-state index is 6.23. The summed E-state index contributed by atoms with van der Waals surface area (Å²) in [6.45, 7) is 12.8. The van der Waals surface area contributed by atoms with E-state index in [9.17, 15) is 0 Å². The number of aryl methyl sites for hydroxylation is 1. The van der Waals surface area contributed by atoms with Crippen LogP contribution < -0.4 is 10.1 Å². The van der Waals surface area contributed by atoms with Gasteiger partial charge in [-0.25, -0.2) is 0 Å². The van der Waals surface area contributed by atoms with Gasteiger partial charge in [0, 0.05) is 16.6 Å². The van der Waals surface area contributed by atoms with Crippen molar-refractivity contribution in [1.29, 1.82) is 0 Å². The molecule has 0 aliphatic heterocycles. The van der Waals surface area contributed by atoms with E-state index in [1.54, 1.807) is 0 Å². The number of hydrogen-bond donors (Lipinski definition) is 1. The molecule has 0 heterocycles. The van der Waals surface area contributed by atoms with E-state index >= 15 is 0 Å². The number of ether oxygens (including phenoxy) is 1. The summed E-state index contributed by atoms with van der Waals surface area (Å²) in [7, 11) is 0. The third-order valence-corrected chi connectivity index (χ3v) is 3.84. The molecule has 114 valence electrons. The van der Waals surface area contributed by atoms with Gasteiger partial charge in [-0.15, -0.1) is 0 Å². The van der Waals surface area contributed by atoms with Gasteiger partial charge < -0.3 is 10.1 Å². The van der Waals surface area contributed by atoms with E-state index < -0.39 is 0 Å². The van der Waals surface area contributed by atoms with Gasteiger partial charge >= 0.3 is 0 Å². The molecule has 1 N–H and O–H groups in total. The molecule has 0 fully saturated rings. The van der Waals surface area contributed by atoms with Crippen molar-refractivity contribution in [3.05, 3.63) is 27.7 Å². The molecule has 1 rings (SSSR count).